The first-order valence-corrected chi connectivity index (χ1v) is 5.80. The summed E-state index contributed by atoms with van der Waals surface area (Å²) in [5.74, 6) is -0.661. The van der Waals surface area contributed by atoms with Gasteiger partial charge in [-0.3, -0.25) is 19.7 Å². The van der Waals surface area contributed by atoms with Gasteiger partial charge in [0.05, 0.1) is 0 Å². The van der Waals surface area contributed by atoms with Gasteiger partial charge in [0.2, 0.25) is 0 Å². The summed E-state index contributed by atoms with van der Waals surface area (Å²) in [4.78, 5) is 28.2. The van der Waals surface area contributed by atoms with E-state index in [0.717, 1.165) is 5.56 Å². The molecule has 2 aliphatic heterocycles. The van der Waals surface area contributed by atoms with Gasteiger partial charge in [0.25, 0.3) is 11.8 Å². The maximum Gasteiger partial charge on any atom is 0.264 e. The summed E-state index contributed by atoms with van der Waals surface area (Å²) in [7, 11) is 0. The Morgan fingerprint density at radius 2 is 1.83 bits per heavy atom. The molecule has 3 rings (SSSR count). The van der Waals surface area contributed by atoms with Crippen LogP contribution in [0, 0.1) is 0 Å². The molecule has 0 bridgehead atoms. The van der Waals surface area contributed by atoms with Crippen molar-refractivity contribution in [2.75, 3.05) is 0 Å². The van der Waals surface area contributed by atoms with Gasteiger partial charge in [-0.2, -0.15) is 0 Å². The number of amides is 2. The van der Waals surface area contributed by atoms with Crippen LogP contribution in [0.2, 0.25) is 5.02 Å². The van der Waals surface area contributed by atoms with E-state index in [2.05, 4.69) is 16.1 Å². The Bertz CT molecular complexity index is 505. The highest BCUT2D eigenvalue weighted by Gasteiger charge is 2.46. The normalized spacial score (nSPS) is 30.6. The molecule has 3 N–H and O–H groups in total. The number of rotatable bonds is 1. The predicted molar refractivity (Wildman–Crippen MR) is 62.3 cm³/mol. The number of hydroxylamine groups is 1. The van der Waals surface area contributed by atoms with Crippen LogP contribution >= 0.6 is 11.6 Å². The maximum absolute atomic E-state index is 11.8. The number of carbonyl (C=O) groups is 2. The van der Waals surface area contributed by atoms with Crippen LogP contribution < -0.4 is 16.1 Å². The Kier molecular flexibility index (Phi) is 2.70. The molecular weight excluding hydrogens is 258 g/mol. The Balaban J connectivity index is 1.84. The number of fused-ring (bicyclic) bond motifs is 1. The highest BCUT2D eigenvalue weighted by atomic mass is 35.5. The second-order valence-electron chi connectivity index (χ2n) is 4.14. The van der Waals surface area contributed by atoms with Crippen molar-refractivity contribution in [1.82, 2.24) is 16.1 Å². The lowest BCUT2D eigenvalue weighted by atomic mass is 10.0. The van der Waals surface area contributed by atoms with Crippen LogP contribution in [0.15, 0.2) is 24.3 Å². The molecule has 3 atom stereocenters. The van der Waals surface area contributed by atoms with E-state index in [1.54, 1.807) is 24.3 Å². The molecule has 0 aromatic heterocycles. The van der Waals surface area contributed by atoms with E-state index in [1.165, 1.54) is 0 Å². The lowest BCUT2D eigenvalue weighted by Gasteiger charge is -2.30. The molecule has 2 aliphatic rings. The summed E-state index contributed by atoms with van der Waals surface area (Å²) in [6, 6.07) is 6.35. The number of halogens is 1. The first-order chi connectivity index (χ1) is 8.65. The highest BCUT2D eigenvalue weighted by Crippen LogP contribution is 2.21. The molecule has 0 radical (unpaired) electrons. The highest BCUT2D eigenvalue weighted by molar-refractivity contribution is 6.30. The molecule has 7 heteroatoms. The Morgan fingerprint density at radius 1 is 1.11 bits per heavy atom. The molecule has 2 fully saturated rings. The first-order valence-electron chi connectivity index (χ1n) is 5.42. The fourth-order valence-electron chi connectivity index (χ4n) is 2.04. The monoisotopic (exact) mass is 267 g/mol. The van der Waals surface area contributed by atoms with E-state index >= 15 is 0 Å². The Hall–Kier alpha value is -1.63. The van der Waals surface area contributed by atoms with Gasteiger partial charge in [0.15, 0.2) is 6.10 Å². The lowest BCUT2D eigenvalue weighted by molar-refractivity contribution is -0.137. The predicted octanol–water partition coefficient (Wildman–Crippen LogP) is -0.143. The minimum Gasteiger partial charge on any atom is -0.334 e. The van der Waals surface area contributed by atoms with Gasteiger partial charge in [0, 0.05) is 5.02 Å². The van der Waals surface area contributed by atoms with E-state index < -0.39 is 18.3 Å². The van der Waals surface area contributed by atoms with Crippen LogP contribution in [-0.2, 0) is 14.4 Å². The molecule has 6 nitrogen and oxygen atoms in total. The standard InChI is InChI=1S/C11H10ClN3O3/c12-6-3-1-5(2-4-6)9-13-7-8(11(17)14-9)18-15-10(7)16/h1-4,7-9,13H,(H,14,17)(H,15,16). The van der Waals surface area contributed by atoms with Crippen molar-refractivity contribution >= 4 is 23.4 Å². The zero-order chi connectivity index (χ0) is 12.7. The summed E-state index contributed by atoms with van der Waals surface area (Å²) >= 11 is 5.80. The number of hydrogen-bond donors (Lipinski definition) is 3. The number of nitrogens with one attached hydrogen (secondary N) is 3. The molecular formula is C11H10ClN3O3. The third-order valence-corrected chi connectivity index (χ3v) is 3.22. The molecule has 2 heterocycles. The molecule has 0 saturated carbocycles. The minimum absolute atomic E-state index is 0.322. The molecule has 18 heavy (non-hydrogen) atoms. The summed E-state index contributed by atoms with van der Waals surface area (Å²) in [6.07, 6.45) is -1.25. The van der Waals surface area contributed by atoms with Crippen LogP contribution in [0.3, 0.4) is 0 Å². The van der Waals surface area contributed by atoms with E-state index in [9.17, 15) is 9.59 Å². The van der Waals surface area contributed by atoms with Crippen LogP contribution in [0.25, 0.3) is 0 Å². The van der Waals surface area contributed by atoms with Crippen molar-refractivity contribution < 1.29 is 14.4 Å². The van der Waals surface area contributed by atoms with E-state index in [0.29, 0.717) is 5.02 Å². The van der Waals surface area contributed by atoms with Gasteiger partial charge in [-0.25, -0.2) is 5.48 Å². The van der Waals surface area contributed by atoms with Gasteiger partial charge in [-0.15, -0.1) is 0 Å². The SMILES string of the molecule is O=C1NOC2C(=O)NC(c3ccc(Cl)cc3)NC12. The number of benzene rings is 1. The average Bonchev–Trinajstić information content (AvgIpc) is 2.73. The van der Waals surface area contributed by atoms with Crippen molar-refractivity contribution in [3.8, 4) is 0 Å². The molecule has 0 aliphatic carbocycles. The molecule has 1 aromatic rings. The molecule has 3 unspecified atom stereocenters. The van der Waals surface area contributed by atoms with Gasteiger partial charge in [-0.1, -0.05) is 23.7 Å². The maximum atomic E-state index is 11.8. The van der Waals surface area contributed by atoms with Gasteiger partial charge >= 0.3 is 0 Å². The summed E-state index contributed by atoms with van der Waals surface area (Å²) in [6.45, 7) is 0. The quantitative estimate of drug-likeness (QED) is 0.662. The lowest BCUT2D eigenvalue weighted by Crippen LogP contribution is -2.59. The molecule has 2 saturated heterocycles. The zero-order valence-electron chi connectivity index (χ0n) is 9.14. The fourth-order valence-corrected chi connectivity index (χ4v) is 2.16. The molecule has 0 spiro atoms. The Labute approximate surface area is 108 Å². The van der Waals surface area contributed by atoms with E-state index in [1.807, 2.05) is 0 Å². The van der Waals surface area contributed by atoms with Gasteiger partial charge in [0.1, 0.15) is 12.2 Å². The van der Waals surface area contributed by atoms with Crippen molar-refractivity contribution in [3.63, 3.8) is 0 Å². The largest absolute Gasteiger partial charge is 0.334 e. The van der Waals surface area contributed by atoms with Crippen LogP contribution in [0.5, 0.6) is 0 Å². The van der Waals surface area contributed by atoms with Crippen molar-refractivity contribution in [3.05, 3.63) is 34.9 Å². The van der Waals surface area contributed by atoms with Crippen LogP contribution in [0.4, 0.5) is 0 Å². The van der Waals surface area contributed by atoms with Crippen molar-refractivity contribution in [2.45, 2.75) is 18.3 Å². The van der Waals surface area contributed by atoms with Crippen molar-refractivity contribution in [2.24, 2.45) is 0 Å². The first kappa shape index (κ1) is 11.5. The van der Waals surface area contributed by atoms with E-state index in [-0.39, 0.29) is 11.8 Å². The third kappa shape index (κ3) is 1.84. The smallest absolute Gasteiger partial charge is 0.264 e. The Morgan fingerprint density at radius 3 is 2.56 bits per heavy atom. The second-order valence-corrected chi connectivity index (χ2v) is 4.58. The molecule has 1 aromatic carbocycles. The van der Waals surface area contributed by atoms with E-state index in [4.69, 9.17) is 16.4 Å². The summed E-state index contributed by atoms with van der Waals surface area (Å²) in [5.41, 5.74) is 3.01. The summed E-state index contributed by atoms with van der Waals surface area (Å²) < 4.78 is 0. The number of carbonyl (C=O) groups excluding carboxylic acids is 2. The summed E-state index contributed by atoms with van der Waals surface area (Å²) in [5, 5.41) is 6.36. The van der Waals surface area contributed by atoms with Crippen LogP contribution in [-0.4, -0.2) is 24.0 Å². The zero-order valence-corrected chi connectivity index (χ0v) is 9.90. The average molecular weight is 268 g/mol. The fraction of sp³-hybridized carbons (Fsp3) is 0.273. The van der Waals surface area contributed by atoms with Gasteiger partial charge < -0.3 is 5.32 Å². The molecule has 2 amide bonds. The minimum atomic E-state index is -0.818. The molecule has 94 valence electrons. The van der Waals surface area contributed by atoms with Crippen LogP contribution in [0.1, 0.15) is 11.7 Å². The third-order valence-electron chi connectivity index (χ3n) is 2.97. The number of hydrogen-bond acceptors (Lipinski definition) is 4. The topological polar surface area (TPSA) is 79.5 Å². The second kappa shape index (κ2) is 4.24. The van der Waals surface area contributed by atoms with Crippen molar-refractivity contribution in [1.29, 1.82) is 0 Å². The van der Waals surface area contributed by atoms with Gasteiger partial charge in [-0.05, 0) is 17.7 Å².